The third-order valence-corrected chi connectivity index (χ3v) is 6.69. The van der Waals surface area contributed by atoms with E-state index in [2.05, 4.69) is 0 Å². The van der Waals surface area contributed by atoms with Gasteiger partial charge in [-0.15, -0.1) is 0 Å². The average molecular weight is 399 g/mol. The summed E-state index contributed by atoms with van der Waals surface area (Å²) < 4.78 is 32.4. The summed E-state index contributed by atoms with van der Waals surface area (Å²) in [6.07, 6.45) is 1.48. The lowest BCUT2D eigenvalue weighted by atomic mass is 9.93. The van der Waals surface area contributed by atoms with Crippen molar-refractivity contribution in [3.05, 3.63) is 33.4 Å². The number of ether oxygens (including phenoxy) is 1. The smallest absolute Gasteiger partial charge is 0.338 e. The second kappa shape index (κ2) is 8.32. The second-order valence-corrected chi connectivity index (χ2v) is 8.65. The van der Waals surface area contributed by atoms with Gasteiger partial charge in [-0.3, -0.25) is 10.1 Å². The summed E-state index contributed by atoms with van der Waals surface area (Å²) in [5.74, 6) is -0.777. The van der Waals surface area contributed by atoms with Gasteiger partial charge in [-0.1, -0.05) is 0 Å². The van der Waals surface area contributed by atoms with Crippen molar-refractivity contribution in [2.24, 2.45) is 11.7 Å². The molecule has 0 saturated carbocycles. The van der Waals surface area contributed by atoms with Crippen LogP contribution in [0.3, 0.4) is 0 Å². The number of piperidine rings is 1. The number of esters is 1. The first-order valence-corrected chi connectivity index (χ1v) is 10.3. The Morgan fingerprint density at radius 1 is 1.48 bits per heavy atom. The summed E-state index contributed by atoms with van der Waals surface area (Å²) in [5, 5.41) is 11.4. The Kier molecular flexibility index (Phi) is 6.55. The van der Waals surface area contributed by atoms with Crippen LogP contribution in [0.4, 0.5) is 5.69 Å². The van der Waals surface area contributed by atoms with Crippen LogP contribution in [0.1, 0.15) is 42.6 Å². The SMILES string of the molecule is CCOC(=O)c1cc(S(=O)(=O)N2CCCC(C(C)N)C2)cc([N+](=O)[O-])c1C. The van der Waals surface area contributed by atoms with Crippen molar-refractivity contribution >= 4 is 21.7 Å². The average Bonchev–Trinajstić information content (AvgIpc) is 2.61. The number of carbonyl (C=O) groups is 1. The zero-order chi connectivity index (χ0) is 20.4. The van der Waals surface area contributed by atoms with Gasteiger partial charge in [0.1, 0.15) is 0 Å². The molecule has 150 valence electrons. The van der Waals surface area contributed by atoms with Crippen LogP contribution in [0.25, 0.3) is 0 Å². The number of nitrogens with zero attached hydrogens (tertiary/aromatic N) is 2. The van der Waals surface area contributed by atoms with E-state index in [0.717, 1.165) is 18.6 Å². The molecule has 27 heavy (non-hydrogen) atoms. The molecular formula is C17H25N3O6S. The summed E-state index contributed by atoms with van der Waals surface area (Å²) in [5.41, 5.74) is 5.44. The highest BCUT2D eigenvalue weighted by Crippen LogP contribution is 2.31. The van der Waals surface area contributed by atoms with Crippen molar-refractivity contribution in [3.63, 3.8) is 0 Å². The summed E-state index contributed by atoms with van der Waals surface area (Å²) in [4.78, 5) is 22.6. The summed E-state index contributed by atoms with van der Waals surface area (Å²) in [7, 11) is -4.01. The Balaban J connectivity index is 2.52. The van der Waals surface area contributed by atoms with Gasteiger partial charge in [0.05, 0.1) is 22.0 Å². The number of nitro groups is 1. The monoisotopic (exact) mass is 399 g/mol. The Bertz CT molecular complexity index is 837. The van der Waals surface area contributed by atoms with Gasteiger partial charge in [0.15, 0.2) is 0 Å². The van der Waals surface area contributed by atoms with Gasteiger partial charge in [-0.2, -0.15) is 4.31 Å². The van der Waals surface area contributed by atoms with Gasteiger partial charge in [-0.05, 0) is 45.6 Å². The molecule has 2 rings (SSSR count). The van der Waals surface area contributed by atoms with Crippen LogP contribution in [-0.4, -0.2) is 49.4 Å². The maximum atomic E-state index is 13.1. The number of nitro benzene ring substituents is 1. The van der Waals surface area contributed by atoms with E-state index in [0.29, 0.717) is 13.0 Å². The van der Waals surface area contributed by atoms with E-state index < -0.39 is 26.6 Å². The first kappa shape index (κ1) is 21.3. The topological polar surface area (TPSA) is 133 Å². The van der Waals surface area contributed by atoms with Crippen LogP contribution in [0, 0.1) is 23.0 Å². The number of rotatable bonds is 6. The molecule has 2 atom stereocenters. The van der Waals surface area contributed by atoms with Crippen molar-refractivity contribution in [1.29, 1.82) is 0 Å². The fourth-order valence-electron chi connectivity index (χ4n) is 3.20. The van der Waals surface area contributed by atoms with E-state index in [9.17, 15) is 23.3 Å². The van der Waals surface area contributed by atoms with E-state index in [-0.39, 0.29) is 41.1 Å². The highest BCUT2D eigenvalue weighted by atomic mass is 32.2. The van der Waals surface area contributed by atoms with E-state index in [1.807, 2.05) is 6.92 Å². The zero-order valence-electron chi connectivity index (χ0n) is 15.7. The molecule has 10 heteroatoms. The predicted molar refractivity (Wildman–Crippen MR) is 98.9 cm³/mol. The molecule has 1 aliphatic heterocycles. The van der Waals surface area contributed by atoms with Crippen molar-refractivity contribution in [2.45, 2.75) is 44.6 Å². The van der Waals surface area contributed by atoms with Gasteiger partial charge in [0, 0.05) is 30.8 Å². The number of hydrogen-bond acceptors (Lipinski definition) is 7. The zero-order valence-corrected chi connectivity index (χ0v) is 16.5. The Morgan fingerprint density at radius 3 is 2.70 bits per heavy atom. The van der Waals surface area contributed by atoms with Crippen molar-refractivity contribution in [2.75, 3.05) is 19.7 Å². The van der Waals surface area contributed by atoms with E-state index in [1.54, 1.807) is 6.92 Å². The molecule has 1 aromatic rings. The maximum absolute atomic E-state index is 13.1. The molecule has 0 bridgehead atoms. The van der Waals surface area contributed by atoms with Crippen LogP contribution in [0.5, 0.6) is 0 Å². The minimum atomic E-state index is -4.01. The normalized spacial score (nSPS) is 19.5. The Morgan fingerprint density at radius 2 is 2.15 bits per heavy atom. The molecule has 2 N–H and O–H groups in total. The number of carbonyl (C=O) groups excluding carboxylic acids is 1. The third kappa shape index (κ3) is 4.45. The van der Waals surface area contributed by atoms with Crippen LogP contribution in [0.2, 0.25) is 0 Å². The minimum absolute atomic E-state index is 0.0125. The van der Waals surface area contributed by atoms with E-state index >= 15 is 0 Å². The molecule has 2 unspecified atom stereocenters. The van der Waals surface area contributed by atoms with Crippen molar-refractivity contribution in [1.82, 2.24) is 4.31 Å². The largest absolute Gasteiger partial charge is 0.462 e. The lowest BCUT2D eigenvalue weighted by Crippen LogP contribution is -2.45. The molecule has 0 aromatic heterocycles. The molecule has 0 aliphatic carbocycles. The summed E-state index contributed by atoms with van der Waals surface area (Å²) in [6, 6.07) is 2.00. The van der Waals surface area contributed by atoms with Crippen LogP contribution < -0.4 is 5.73 Å². The summed E-state index contributed by atoms with van der Waals surface area (Å²) >= 11 is 0. The standard InChI is InChI=1S/C17H25N3O6S/c1-4-26-17(21)15-8-14(9-16(11(15)2)20(22)23)27(24,25)19-7-5-6-13(10-19)12(3)18/h8-9,12-13H,4-7,10,18H2,1-3H3. The lowest BCUT2D eigenvalue weighted by molar-refractivity contribution is -0.385. The van der Waals surface area contributed by atoms with Crippen molar-refractivity contribution in [3.8, 4) is 0 Å². The van der Waals surface area contributed by atoms with E-state index in [1.165, 1.54) is 11.2 Å². The molecule has 1 saturated heterocycles. The fraction of sp³-hybridized carbons (Fsp3) is 0.588. The van der Waals surface area contributed by atoms with Crippen molar-refractivity contribution < 1.29 is 22.9 Å². The first-order chi connectivity index (χ1) is 12.6. The quantitative estimate of drug-likeness (QED) is 0.438. The van der Waals surface area contributed by atoms with Gasteiger partial charge >= 0.3 is 5.97 Å². The molecule has 1 heterocycles. The van der Waals surface area contributed by atoms with Gasteiger partial charge < -0.3 is 10.5 Å². The van der Waals surface area contributed by atoms with Gasteiger partial charge in [0.25, 0.3) is 5.69 Å². The highest BCUT2D eigenvalue weighted by Gasteiger charge is 2.34. The molecular weight excluding hydrogens is 374 g/mol. The summed E-state index contributed by atoms with van der Waals surface area (Å²) in [6.45, 7) is 5.46. The fourth-order valence-corrected chi connectivity index (χ4v) is 4.79. The Labute approximate surface area is 158 Å². The van der Waals surface area contributed by atoms with E-state index in [4.69, 9.17) is 10.5 Å². The first-order valence-electron chi connectivity index (χ1n) is 8.81. The highest BCUT2D eigenvalue weighted by molar-refractivity contribution is 7.89. The number of hydrogen-bond donors (Lipinski definition) is 1. The maximum Gasteiger partial charge on any atom is 0.338 e. The lowest BCUT2D eigenvalue weighted by Gasteiger charge is -2.33. The van der Waals surface area contributed by atoms with Crippen LogP contribution in [-0.2, 0) is 14.8 Å². The number of sulfonamides is 1. The molecule has 1 aromatic carbocycles. The number of benzene rings is 1. The number of nitrogens with two attached hydrogens (primary N) is 1. The van der Waals surface area contributed by atoms with Gasteiger partial charge in [0.2, 0.25) is 10.0 Å². The third-order valence-electron chi connectivity index (χ3n) is 4.85. The molecule has 0 amide bonds. The molecule has 0 spiro atoms. The molecule has 1 aliphatic rings. The van der Waals surface area contributed by atoms with Gasteiger partial charge in [-0.25, -0.2) is 13.2 Å². The van der Waals surface area contributed by atoms with Crippen LogP contribution >= 0.6 is 0 Å². The minimum Gasteiger partial charge on any atom is -0.462 e. The Hall–Kier alpha value is -2.04. The second-order valence-electron chi connectivity index (χ2n) is 6.72. The molecule has 9 nitrogen and oxygen atoms in total. The molecule has 1 fully saturated rings. The molecule has 0 radical (unpaired) electrons. The van der Waals surface area contributed by atoms with Crippen LogP contribution in [0.15, 0.2) is 17.0 Å². The predicted octanol–water partition coefficient (Wildman–Crippen LogP) is 1.83.